The van der Waals surface area contributed by atoms with Gasteiger partial charge in [-0.1, -0.05) is 0 Å². The molecule has 0 unspecified atom stereocenters. The third kappa shape index (κ3) is 5.24. The van der Waals surface area contributed by atoms with Gasteiger partial charge in [-0.05, 0) is 42.0 Å². The van der Waals surface area contributed by atoms with Crippen molar-refractivity contribution >= 4 is 37.6 Å². The third-order valence-electron chi connectivity index (χ3n) is 6.60. The second kappa shape index (κ2) is 10.0. The minimum absolute atomic E-state index is 0.0729. The first kappa shape index (κ1) is 26.5. The summed E-state index contributed by atoms with van der Waals surface area (Å²) < 4.78 is 55.1. The van der Waals surface area contributed by atoms with Gasteiger partial charge in [-0.3, -0.25) is 15.1 Å². The van der Waals surface area contributed by atoms with Crippen molar-refractivity contribution in [3.63, 3.8) is 0 Å². The lowest BCUT2D eigenvalue weighted by molar-refractivity contribution is 0.586. The number of nitrogens with zero attached hydrogens (tertiary/aromatic N) is 5. The molecule has 0 aliphatic carbocycles. The second-order valence-corrected chi connectivity index (χ2v) is 11.7. The van der Waals surface area contributed by atoms with E-state index in [2.05, 4.69) is 29.9 Å². The monoisotopic (exact) mass is 574 g/mol. The van der Waals surface area contributed by atoms with Crippen molar-refractivity contribution in [1.82, 2.24) is 34.9 Å². The Kier molecular flexibility index (Phi) is 6.47. The number of aromatic amines is 2. The number of benzene rings is 2. The zero-order valence-electron chi connectivity index (χ0n) is 22.2. The standard InChI is InChI=1S/C28H24F2N8O2S/c1-38(2)19-9-17(13-31-14-19)20-10-21-24(11-22(20)30)36-37-26(21)28-34-23-4-5-32-25(27(23)35-28)16-6-15(7-18(29)8-16)12-33-41(3,39)40/h4-11,13-14,33H,12H2,1-3H3,(H,34,35)(H,36,37). The van der Waals surface area contributed by atoms with Gasteiger partial charge in [0.1, 0.15) is 22.8 Å². The lowest BCUT2D eigenvalue weighted by Crippen LogP contribution is -2.21. The van der Waals surface area contributed by atoms with Gasteiger partial charge < -0.3 is 9.88 Å². The van der Waals surface area contributed by atoms with Gasteiger partial charge in [-0.15, -0.1) is 0 Å². The summed E-state index contributed by atoms with van der Waals surface area (Å²) in [5.41, 5.74) is 5.15. The fraction of sp³-hybridized carbons (Fsp3) is 0.143. The van der Waals surface area contributed by atoms with E-state index < -0.39 is 21.7 Å². The highest BCUT2D eigenvalue weighted by Crippen LogP contribution is 2.34. The van der Waals surface area contributed by atoms with Crippen LogP contribution in [0.2, 0.25) is 0 Å². The fourth-order valence-electron chi connectivity index (χ4n) is 4.62. The highest BCUT2D eigenvalue weighted by atomic mass is 32.2. The van der Waals surface area contributed by atoms with Gasteiger partial charge in [0.15, 0.2) is 5.82 Å². The number of halogens is 2. The number of H-pyrrole nitrogens is 2. The fourth-order valence-corrected chi connectivity index (χ4v) is 5.05. The zero-order valence-corrected chi connectivity index (χ0v) is 23.0. The van der Waals surface area contributed by atoms with Crippen LogP contribution in [0.5, 0.6) is 0 Å². The van der Waals surface area contributed by atoms with E-state index >= 15 is 4.39 Å². The van der Waals surface area contributed by atoms with Crippen molar-refractivity contribution in [2.24, 2.45) is 0 Å². The van der Waals surface area contributed by atoms with Crippen molar-refractivity contribution in [3.8, 4) is 33.9 Å². The number of anilines is 1. The van der Waals surface area contributed by atoms with Crippen LogP contribution in [0, 0.1) is 11.6 Å². The van der Waals surface area contributed by atoms with Crippen molar-refractivity contribution < 1.29 is 17.2 Å². The van der Waals surface area contributed by atoms with Gasteiger partial charge in [-0.25, -0.2) is 26.9 Å². The summed E-state index contributed by atoms with van der Waals surface area (Å²) in [4.78, 5) is 18.6. The largest absolute Gasteiger partial charge is 0.376 e. The summed E-state index contributed by atoms with van der Waals surface area (Å²) in [6.45, 7) is -0.0729. The number of hydrogen-bond donors (Lipinski definition) is 3. The van der Waals surface area contributed by atoms with E-state index in [4.69, 9.17) is 4.98 Å². The van der Waals surface area contributed by atoms with E-state index in [9.17, 15) is 12.8 Å². The van der Waals surface area contributed by atoms with E-state index in [1.807, 2.05) is 25.1 Å². The van der Waals surface area contributed by atoms with Gasteiger partial charge in [0.25, 0.3) is 0 Å². The predicted octanol–water partition coefficient (Wildman–Crippen LogP) is 4.62. The summed E-state index contributed by atoms with van der Waals surface area (Å²) in [5, 5.41) is 7.92. The molecule has 10 nitrogen and oxygen atoms in total. The molecule has 6 rings (SSSR count). The average molecular weight is 575 g/mol. The van der Waals surface area contributed by atoms with E-state index in [1.165, 1.54) is 18.2 Å². The highest BCUT2D eigenvalue weighted by Gasteiger charge is 2.19. The van der Waals surface area contributed by atoms with Crippen LogP contribution in [0.4, 0.5) is 14.5 Å². The first-order chi connectivity index (χ1) is 19.6. The summed E-state index contributed by atoms with van der Waals surface area (Å²) in [6.07, 6.45) is 5.91. The molecule has 0 radical (unpaired) electrons. The van der Waals surface area contributed by atoms with Gasteiger partial charge in [0.05, 0.1) is 34.9 Å². The normalized spacial score (nSPS) is 11.9. The lowest BCUT2D eigenvalue weighted by atomic mass is 10.0. The molecule has 6 aromatic rings. The topological polar surface area (TPSA) is 133 Å². The Morgan fingerprint density at radius 2 is 1.80 bits per heavy atom. The van der Waals surface area contributed by atoms with Crippen molar-refractivity contribution in [1.29, 1.82) is 0 Å². The molecule has 0 spiro atoms. The van der Waals surface area contributed by atoms with E-state index in [1.54, 1.807) is 36.8 Å². The summed E-state index contributed by atoms with van der Waals surface area (Å²) >= 11 is 0. The minimum atomic E-state index is -3.46. The van der Waals surface area contributed by atoms with E-state index in [0.29, 0.717) is 61.4 Å². The number of fused-ring (bicyclic) bond motifs is 2. The molecular weight excluding hydrogens is 550 g/mol. The van der Waals surface area contributed by atoms with E-state index in [0.717, 1.165) is 11.9 Å². The maximum absolute atomic E-state index is 15.2. The molecule has 4 aromatic heterocycles. The van der Waals surface area contributed by atoms with Crippen LogP contribution in [0.25, 0.3) is 55.8 Å². The summed E-state index contributed by atoms with van der Waals surface area (Å²) in [7, 11) is 0.309. The molecule has 0 saturated heterocycles. The molecule has 4 heterocycles. The van der Waals surface area contributed by atoms with Gasteiger partial charge in [0, 0.05) is 61.2 Å². The molecule has 41 heavy (non-hydrogen) atoms. The van der Waals surface area contributed by atoms with Crippen LogP contribution in [0.15, 0.2) is 61.1 Å². The first-order valence-electron chi connectivity index (χ1n) is 12.5. The molecule has 0 aliphatic rings. The van der Waals surface area contributed by atoms with E-state index in [-0.39, 0.29) is 6.54 Å². The number of imidazole rings is 1. The van der Waals surface area contributed by atoms with Gasteiger partial charge >= 0.3 is 0 Å². The Balaban J connectivity index is 1.44. The zero-order chi connectivity index (χ0) is 28.9. The highest BCUT2D eigenvalue weighted by molar-refractivity contribution is 7.88. The minimum Gasteiger partial charge on any atom is -0.376 e. The van der Waals surface area contributed by atoms with Gasteiger partial charge in [-0.2, -0.15) is 5.10 Å². The molecule has 0 bridgehead atoms. The number of aromatic nitrogens is 6. The Morgan fingerprint density at radius 3 is 2.59 bits per heavy atom. The Hall–Kier alpha value is -4.75. The Labute approximate surface area is 233 Å². The molecule has 2 aromatic carbocycles. The predicted molar refractivity (Wildman–Crippen MR) is 154 cm³/mol. The van der Waals surface area contributed by atoms with Crippen molar-refractivity contribution in [3.05, 3.63) is 78.3 Å². The molecule has 0 atom stereocenters. The molecule has 0 aliphatic heterocycles. The summed E-state index contributed by atoms with van der Waals surface area (Å²) in [5.74, 6) is -0.551. The molecule has 0 amide bonds. The van der Waals surface area contributed by atoms with Crippen molar-refractivity contribution in [2.75, 3.05) is 25.3 Å². The molecular formula is C28H24F2N8O2S. The lowest BCUT2D eigenvalue weighted by Gasteiger charge is -2.13. The Bertz CT molecular complexity index is 2050. The Morgan fingerprint density at radius 1 is 0.976 bits per heavy atom. The van der Waals surface area contributed by atoms with Crippen LogP contribution < -0.4 is 9.62 Å². The second-order valence-electron chi connectivity index (χ2n) is 9.86. The smallest absolute Gasteiger partial charge is 0.209 e. The van der Waals surface area contributed by atoms with Crippen LogP contribution in [0.3, 0.4) is 0 Å². The molecule has 3 N–H and O–H groups in total. The summed E-state index contributed by atoms with van der Waals surface area (Å²) in [6, 6.07) is 10.9. The van der Waals surface area contributed by atoms with Crippen molar-refractivity contribution in [2.45, 2.75) is 6.54 Å². The molecule has 0 saturated carbocycles. The van der Waals surface area contributed by atoms with Gasteiger partial charge in [0.2, 0.25) is 10.0 Å². The molecule has 208 valence electrons. The average Bonchev–Trinajstić information content (AvgIpc) is 3.54. The SMILES string of the molecule is CN(C)c1cncc(-c2cc3c(-c4nc5c(-c6cc(F)cc(CNS(C)(=O)=O)c6)nccc5[nH]4)n[nH]c3cc2F)c1. The number of rotatable bonds is 7. The quantitative estimate of drug-likeness (QED) is 0.253. The number of sulfonamides is 1. The molecule has 0 fully saturated rings. The third-order valence-corrected chi connectivity index (χ3v) is 7.27. The van der Waals surface area contributed by atoms with Crippen LogP contribution in [0.1, 0.15) is 5.56 Å². The van der Waals surface area contributed by atoms with Crippen LogP contribution >= 0.6 is 0 Å². The van der Waals surface area contributed by atoms with Crippen LogP contribution in [-0.4, -0.2) is 58.9 Å². The number of nitrogens with one attached hydrogen (secondary N) is 3. The number of hydrogen-bond acceptors (Lipinski definition) is 7. The van der Waals surface area contributed by atoms with Crippen LogP contribution in [-0.2, 0) is 16.6 Å². The molecule has 13 heteroatoms. The maximum atomic E-state index is 15.2. The number of pyridine rings is 2. The maximum Gasteiger partial charge on any atom is 0.209 e. The first-order valence-corrected chi connectivity index (χ1v) is 14.3.